The van der Waals surface area contributed by atoms with Gasteiger partial charge in [-0.2, -0.15) is 0 Å². The van der Waals surface area contributed by atoms with E-state index in [4.69, 9.17) is 0 Å². The van der Waals surface area contributed by atoms with E-state index in [0.29, 0.717) is 24.2 Å². The van der Waals surface area contributed by atoms with Gasteiger partial charge in [0.2, 0.25) is 0 Å². The molecule has 0 saturated heterocycles. The molecule has 0 bridgehead atoms. The van der Waals surface area contributed by atoms with Crippen molar-refractivity contribution in [2.75, 3.05) is 0 Å². The summed E-state index contributed by atoms with van der Waals surface area (Å²) >= 11 is 0. The Kier molecular flexibility index (Phi) is 3.27. The number of rotatable bonds is 4. The molecular weight excluding hydrogens is 232 g/mol. The molecule has 0 saturated carbocycles. The number of nitrogens with zero attached hydrogens (tertiary/aromatic N) is 2. The normalized spacial score (nSPS) is 11.3. The SMILES string of the molecule is CCn1[nH]cc(C(C)c2c[nH]n(CC)c2=O)c1=O. The smallest absolute Gasteiger partial charge is 0.270 e. The standard InChI is InChI=1S/C12H18N4O2/c1-4-15-11(17)9(6-13-15)8(3)10-7-14-16(5-2)12(10)18/h6-8,13-14H,4-5H2,1-3H3. The first-order valence-corrected chi connectivity index (χ1v) is 6.16. The lowest BCUT2D eigenvalue weighted by Crippen LogP contribution is -2.23. The molecule has 0 amide bonds. The Bertz CT molecular complexity index is 587. The van der Waals surface area contributed by atoms with Crippen LogP contribution in [0.5, 0.6) is 0 Å². The lowest BCUT2D eigenvalue weighted by atomic mass is 9.98. The molecule has 0 fully saturated rings. The first-order chi connectivity index (χ1) is 8.60. The summed E-state index contributed by atoms with van der Waals surface area (Å²) in [5.74, 6) is -0.210. The van der Waals surface area contributed by atoms with Gasteiger partial charge in [0.05, 0.1) is 0 Å². The maximum atomic E-state index is 12.0. The average molecular weight is 250 g/mol. The van der Waals surface area contributed by atoms with E-state index in [0.717, 1.165) is 0 Å². The monoisotopic (exact) mass is 250 g/mol. The van der Waals surface area contributed by atoms with Crippen LogP contribution in [0.15, 0.2) is 22.0 Å². The van der Waals surface area contributed by atoms with E-state index in [-0.39, 0.29) is 17.0 Å². The molecule has 2 N–H and O–H groups in total. The Morgan fingerprint density at radius 3 is 1.67 bits per heavy atom. The fourth-order valence-corrected chi connectivity index (χ4v) is 2.11. The second-order valence-electron chi connectivity index (χ2n) is 4.28. The van der Waals surface area contributed by atoms with Crippen LogP contribution in [0.2, 0.25) is 0 Å². The molecule has 0 unspecified atom stereocenters. The first-order valence-electron chi connectivity index (χ1n) is 6.16. The van der Waals surface area contributed by atoms with Crippen LogP contribution < -0.4 is 11.1 Å². The van der Waals surface area contributed by atoms with Crippen LogP contribution in [0.3, 0.4) is 0 Å². The van der Waals surface area contributed by atoms with Crippen molar-refractivity contribution in [3.63, 3.8) is 0 Å². The number of aromatic nitrogens is 4. The average Bonchev–Trinajstić information content (AvgIpc) is 2.91. The molecule has 0 aliphatic heterocycles. The van der Waals surface area contributed by atoms with E-state index >= 15 is 0 Å². The predicted octanol–water partition coefficient (Wildman–Crippen LogP) is 0.858. The van der Waals surface area contributed by atoms with Gasteiger partial charge >= 0.3 is 0 Å². The molecule has 0 aliphatic carbocycles. The van der Waals surface area contributed by atoms with Crippen molar-refractivity contribution in [3.8, 4) is 0 Å². The summed E-state index contributed by atoms with van der Waals surface area (Å²) < 4.78 is 3.05. The van der Waals surface area contributed by atoms with E-state index < -0.39 is 0 Å². The molecule has 6 heteroatoms. The first kappa shape index (κ1) is 12.5. The fraction of sp³-hybridized carbons (Fsp3) is 0.500. The highest BCUT2D eigenvalue weighted by atomic mass is 16.1. The summed E-state index contributed by atoms with van der Waals surface area (Å²) in [5.41, 5.74) is 1.12. The van der Waals surface area contributed by atoms with Crippen molar-refractivity contribution in [1.82, 2.24) is 19.6 Å². The van der Waals surface area contributed by atoms with Crippen molar-refractivity contribution in [1.29, 1.82) is 0 Å². The minimum absolute atomic E-state index is 0.0614. The molecule has 18 heavy (non-hydrogen) atoms. The molecule has 98 valence electrons. The fourth-order valence-electron chi connectivity index (χ4n) is 2.11. The van der Waals surface area contributed by atoms with E-state index in [1.807, 2.05) is 20.8 Å². The van der Waals surface area contributed by atoms with Gasteiger partial charge in [0.1, 0.15) is 0 Å². The molecule has 2 heterocycles. The molecule has 0 radical (unpaired) electrons. The van der Waals surface area contributed by atoms with Crippen LogP contribution in [0.1, 0.15) is 37.8 Å². The summed E-state index contributed by atoms with van der Waals surface area (Å²) in [5, 5.41) is 5.80. The number of hydrogen-bond donors (Lipinski definition) is 2. The van der Waals surface area contributed by atoms with Crippen LogP contribution in [0.4, 0.5) is 0 Å². The highest BCUT2D eigenvalue weighted by Gasteiger charge is 2.19. The van der Waals surface area contributed by atoms with Gasteiger partial charge in [-0.1, -0.05) is 6.92 Å². The van der Waals surface area contributed by atoms with Gasteiger partial charge in [-0.05, 0) is 13.8 Å². The molecule has 0 spiro atoms. The van der Waals surface area contributed by atoms with Crippen molar-refractivity contribution in [3.05, 3.63) is 44.2 Å². The molecular formula is C12H18N4O2. The lowest BCUT2D eigenvalue weighted by Gasteiger charge is -2.03. The lowest BCUT2D eigenvalue weighted by molar-refractivity contribution is 0.633. The zero-order valence-corrected chi connectivity index (χ0v) is 10.9. The van der Waals surface area contributed by atoms with E-state index in [2.05, 4.69) is 10.2 Å². The van der Waals surface area contributed by atoms with E-state index in [1.165, 1.54) is 9.36 Å². The van der Waals surface area contributed by atoms with Crippen molar-refractivity contribution < 1.29 is 0 Å². The van der Waals surface area contributed by atoms with Crippen molar-refractivity contribution >= 4 is 0 Å². The van der Waals surface area contributed by atoms with Crippen molar-refractivity contribution in [2.45, 2.75) is 39.8 Å². The number of hydrogen-bond acceptors (Lipinski definition) is 2. The van der Waals surface area contributed by atoms with Crippen LogP contribution in [0, 0.1) is 0 Å². The van der Waals surface area contributed by atoms with Gasteiger partial charge in [0, 0.05) is 42.5 Å². The summed E-state index contributed by atoms with van der Waals surface area (Å²) in [7, 11) is 0. The summed E-state index contributed by atoms with van der Waals surface area (Å²) in [6.45, 7) is 6.85. The summed E-state index contributed by atoms with van der Waals surface area (Å²) in [6.07, 6.45) is 3.36. The van der Waals surface area contributed by atoms with Gasteiger partial charge in [0.25, 0.3) is 11.1 Å². The Morgan fingerprint density at radius 2 is 1.39 bits per heavy atom. The van der Waals surface area contributed by atoms with Crippen LogP contribution in [-0.4, -0.2) is 19.6 Å². The molecule has 0 atom stereocenters. The van der Waals surface area contributed by atoms with Gasteiger partial charge in [-0.15, -0.1) is 0 Å². The summed E-state index contributed by atoms with van der Waals surface area (Å²) in [4.78, 5) is 24.0. The highest BCUT2D eigenvalue weighted by Crippen LogP contribution is 2.17. The highest BCUT2D eigenvalue weighted by molar-refractivity contribution is 5.25. The zero-order chi connectivity index (χ0) is 13.3. The van der Waals surface area contributed by atoms with Crippen LogP contribution in [-0.2, 0) is 13.1 Å². The third-order valence-electron chi connectivity index (χ3n) is 3.30. The Balaban J connectivity index is 2.44. The quantitative estimate of drug-likeness (QED) is 0.844. The maximum Gasteiger partial charge on any atom is 0.270 e. The van der Waals surface area contributed by atoms with E-state index in [9.17, 15) is 9.59 Å². The molecule has 2 aromatic heterocycles. The Labute approximate surface area is 104 Å². The number of aryl methyl sites for hydroxylation is 2. The topological polar surface area (TPSA) is 75.6 Å². The summed E-state index contributed by atoms with van der Waals surface area (Å²) in [6, 6.07) is 0. The molecule has 6 nitrogen and oxygen atoms in total. The largest absolute Gasteiger partial charge is 0.303 e. The van der Waals surface area contributed by atoms with Gasteiger partial charge in [-0.25, -0.2) is 0 Å². The number of aromatic amines is 2. The molecule has 2 aromatic rings. The van der Waals surface area contributed by atoms with Gasteiger partial charge < -0.3 is 10.2 Å². The van der Waals surface area contributed by atoms with Gasteiger partial charge in [-0.3, -0.25) is 19.0 Å². The number of H-pyrrole nitrogens is 2. The van der Waals surface area contributed by atoms with Crippen LogP contribution >= 0.6 is 0 Å². The second-order valence-corrected chi connectivity index (χ2v) is 4.28. The molecule has 2 rings (SSSR count). The zero-order valence-electron chi connectivity index (χ0n) is 10.9. The predicted molar refractivity (Wildman–Crippen MR) is 69.0 cm³/mol. The minimum Gasteiger partial charge on any atom is -0.303 e. The van der Waals surface area contributed by atoms with Gasteiger partial charge in [0.15, 0.2) is 0 Å². The Hall–Kier alpha value is -1.98. The van der Waals surface area contributed by atoms with E-state index in [1.54, 1.807) is 12.4 Å². The molecule has 0 aromatic carbocycles. The third-order valence-corrected chi connectivity index (χ3v) is 3.30. The number of nitrogens with one attached hydrogen (secondary N) is 2. The minimum atomic E-state index is -0.210. The maximum absolute atomic E-state index is 12.0. The molecule has 0 aliphatic rings. The third kappa shape index (κ3) is 1.83. The second kappa shape index (κ2) is 4.72. The van der Waals surface area contributed by atoms with Crippen molar-refractivity contribution in [2.24, 2.45) is 0 Å². The van der Waals surface area contributed by atoms with Crippen LogP contribution in [0.25, 0.3) is 0 Å². The Morgan fingerprint density at radius 1 is 1.00 bits per heavy atom.